The highest BCUT2D eigenvalue weighted by Gasteiger charge is 2.11. The van der Waals surface area contributed by atoms with Gasteiger partial charge in [0.2, 0.25) is 0 Å². The lowest BCUT2D eigenvalue weighted by Gasteiger charge is -2.08. The number of methoxy groups -OCH3 is 1. The number of rotatable bonds is 6. The fraction of sp³-hybridized carbons (Fsp3) is 0.105. The Kier molecular flexibility index (Phi) is 5.87. The van der Waals surface area contributed by atoms with Crippen molar-refractivity contribution < 1.29 is 23.5 Å². The average Bonchev–Trinajstić information content (AvgIpc) is 3.11. The quantitative estimate of drug-likeness (QED) is 0.367. The number of esters is 1. The number of nitrogens with zero attached hydrogens (tertiary/aromatic N) is 1. The maximum absolute atomic E-state index is 12.2. The molecule has 0 saturated carbocycles. The third-order valence-corrected chi connectivity index (χ3v) is 4.06. The van der Waals surface area contributed by atoms with Crippen molar-refractivity contribution in [2.24, 2.45) is 5.10 Å². The molecule has 3 aromatic rings. The van der Waals surface area contributed by atoms with Crippen LogP contribution in [0.4, 0.5) is 0 Å². The Morgan fingerprint density at radius 3 is 2.81 bits per heavy atom. The van der Waals surface area contributed by atoms with Gasteiger partial charge in [0.05, 0.1) is 13.3 Å². The minimum absolute atomic E-state index is 0.157. The second-order valence-corrected chi connectivity index (χ2v) is 6.31. The van der Waals surface area contributed by atoms with Gasteiger partial charge in [-0.25, -0.2) is 10.2 Å². The third-order valence-electron chi connectivity index (χ3n) is 3.56. The highest BCUT2D eigenvalue weighted by atomic mass is 79.9. The summed E-state index contributed by atoms with van der Waals surface area (Å²) in [6.45, 7) is -0.232. The zero-order valence-electron chi connectivity index (χ0n) is 14.3. The number of hydrogen-bond donors (Lipinski definition) is 1. The highest BCUT2D eigenvalue weighted by molar-refractivity contribution is 9.10. The van der Waals surface area contributed by atoms with E-state index in [-0.39, 0.29) is 12.4 Å². The van der Waals surface area contributed by atoms with Crippen LogP contribution in [-0.4, -0.2) is 31.8 Å². The number of carbonyl (C=O) groups excluding carboxylic acids is 2. The lowest BCUT2D eigenvalue weighted by Crippen LogP contribution is -2.17. The van der Waals surface area contributed by atoms with Crippen LogP contribution in [0, 0.1) is 0 Å². The van der Waals surface area contributed by atoms with Crippen LogP contribution >= 0.6 is 15.9 Å². The normalized spacial score (nSPS) is 10.9. The molecule has 3 rings (SSSR count). The average molecular weight is 431 g/mol. The first-order valence-electron chi connectivity index (χ1n) is 7.88. The minimum Gasteiger partial charge on any atom is -0.481 e. The predicted octanol–water partition coefficient (Wildman–Crippen LogP) is 3.51. The van der Waals surface area contributed by atoms with Gasteiger partial charge in [0.25, 0.3) is 0 Å². The van der Waals surface area contributed by atoms with Crippen LogP contribution in [0.5, 0.6) is 5.75 Å². The van der Waals surface area contributed by atoms with E-state index in [1.165, 1.54) is 13.3 Å². The van der Waals surface area contributed by atoms with E-state index in [9.17, 15) is 9.59 Å². The molecule has 0 aliphatic rings. The van der Waals surface area contributed by atoms with Crippen LogP contribution < -0.4 is 10.2 Å². The Bertz CT molecular complexity index is 979. The second kappa shape index (κ2) is 8.50. The molecule has 0 bridgehead atoms. The summed E-state index contributed by atoms with van der Waals surface area (Å²) in [7, 11) is 1.28. The lowest BCUT2D eigenvalue weighted by atomic mass is 10.2. The van der Waals surface area contributed by atoms with Gasteiger partial charge in [0.15, 0.2) is 12.4 Å². The fourth-order valence-corrected chi connectivity index (χ4v) is 2.64. The number of ether oxygens (including phenoxy) is 2. The summed E-state index contributed by atoms with van der Waals surface area (Å²) in [4.78, 5) is 23.4. The van der Waals surface area contributed by atoms with Crippen molar-refractivity contribution in [3.8, 4) is 5.75 Å². The molecular weight excluding hydrogens is 416 g/mol. The Labute approximate surface area is 163 Å². The molecule has 1 heterocycles. The number of amides is 1. The Hall–Kier alpha value is -3.13. The molecule has 1 aromatic heterocycles. The largest absolute Gasteiger partial charge is 0.481 e. The molecule has 0 fully saturated rings. The Morgan fingerprint density at radius 1 is 1.22 bits per heavy atom. The van der Waals surface area contributed by atoms with E-state index in [4.69, 9.17) is 9.15 Å². The monoisotopic (exact) mass is 430 g/mol. The van der Waals surface area contributed by atoms with Crippen LogP contribution in [0.25, 0.3) is 11.0 Å². The fourth-order valence-electron chi connectivity index (χ4n) is 2.26. The summed E-state index contributed by atoms with van der Waals surface area (Å²) < 4.78 is 16.2. The number of carbonyl (C=O) groups is 2. The molecule has 0 aliphatic heterocycles. The standard InChI is InChI=1S/C19H15BrN2O5/c1-25-18(23)11-26-15-7-6-14(20)8-13(15)10-21-22-19(24)17-9-12-4-2-3-5-16(12)27-17/h2-10H,11H2,1H3,(H,22,24). The Balaban J connectivity index is 1.70. The smallest absolute Gasteiger partial charge is 0.343 e. The molecule has 8 heteroatoms. The van der Waals surface area contributed by atoms with E-state index in [0.29, 0.717) is 16.9 Å². The lowest BCUT2D eigenvalue weighted by molar-refractivity contribution is -0.142. The highest BCUT2D eigenvalue weighted by Crippen LogP contribution is 2.22. The molecule has 1 amide bonds. The minimum atomic E-state index is -0.501. The number of benzene rings is 2. The van der Waals surface area contributed by atoms with Gasteiger partial charge in [0, 0.05) is 15.4 Å². The second-order valence-electron chi connectivity index (χ2n) is 5.39. The maximum Gasteiger partial charge on any atom is 0.343 e. The molecule has 0 saturated heterocycles. The Morgan fingerprint density at radius 2 is 2.04 bits per heavy atom. The van der Waals surface area contributed by atoms with E-state index in [1.807, 2.05) is 18.2 Å². The van der Waals surface area contributed by atoms with Gasteiger partial charge in [-0.1, -0.05) is 34.1 Å². The zero-order chi connectivity index (χ0) is 19.2. The number of hydrazone groups is 1. The van der Waals surface area contributed by atoms with Crippen molar-refractivity contribution in [1.82, 2.24) is 5.43 Å². The number of fused-ring (bicyclic) bond motifs is 1. The summed E-state index contributed by atoms with van der Waals surface area (Å²) >= 11 is 3.36. The maximum atomic E-state index is 12.2. The first-order valence-corrected chi connectivity index (χ1v) is 8.67. The molecule has 0 radical (unpaired) electrons. The molecule has 0 spiro atoms. The van der Waals surface area contributed by atoms with Crippen molar-refractivity contribution in [3.05, 3.63) is 64.3 Å². The van der Waals surface area contributed by atoms with E-state index >= 15 is 0 Å². The van der Waals surface area contributed by atoms with Gasteiger partial charge in [0.1, 0.15) is 11.3 Å². The molecule has 1 N–H and O–H groups in total. The van der Waals surface area contributed by atoms with Crippen LogP contribution in [0.1, 0.15) is 16.1 Å². The van der Waals surface area contributed by atoms with E-state index in [0.717, 1.165) is 9.86 Å². The molecule has 138 valence electrons. The molecule has 27 heavy (non-hydrogen) atoms. The molecule has 0 atom stereocenters. The number of furan rings is 1. The predicted molar refractivity (Wildman–Crippen MR) is 103 cm³/mol. The van der Waals surface area contributed by atoms with Crippen molar-refractivity contribution >= 4 is 45.0 Å². The zero-order valence-corrected chi connectivity index (χ0v) is 15.9. The van der Waals surface area contributed by atoms with Crippen LogP contribution in [0.2, 0.25) is 0 Å². The van der Waals surface area contributed by atoms with E-state index in [2.05, 4.69) is 31.2 Å². The summed E-state index contributed by atoms with van der Waals surface area (Å²) in [5.41, 5.74) is 3.60. The topological polar surface area (TPSA) is 90.1 Å². The van der Waals surface area contributed by atoms with Gasteiger partial charge in [-0.15, -0.1) is 0 Å². The number of halogens is 1. The van der Waals surface area contributed by atoms with E-state index in [1.54, 1.807) is 30.3 Å². The molecule has 7 nitrogen and oxygen atoms in total. The third kappa shape index (κ3) is 4.73. The van der Waals surface area contributed by atoms with Gasteiger partial charge < -0.3 is 13.9 Å². The van der Waals surface area contributed by atoms with Gasteiger partial charge in [-0.3, -0.25) is 4.79 Å². The van der Waals surface area contributed by atoms with Crippen molar-refractivity contribution in [2.45, 2.75) is 0 Å². The van der Waals surface area contributed by atoms with Crippen molar-refractivity contribution in [1.29, 1.82) is 0 Å². The number of para-hydroxylation sites is 1. The summed E-state index contributed by atoms with van der Waals surface area (Å²) in [5, 5.41) is 4.77. The molecule has 0 unspecified atom stereocenters. The molecule has 0 aliphatic carbocycles. The van der Waals surface area contributed by atoms with Crippen molar-refractivity contribution in [3.63, 3.8) is 0 Å². The number of nitrogens with one attached hydrogen (secondary N) is 1. The molecule has 2 aromatic carbocycles. The molecular formula is C19H15BrN2O5. The SMILES string of the molecule is COC(=O)COc1ccc(Br)cc1C=NNC(=O)c1cc2ccccc2o1. The van der Waals surface area contributed by atoms with Crippen LogP contribution in [0.3, 0.4) is 0 Å². The first-order chi connectivity index (χ1) is 13.1. The van der Waals surface area contributed by atoms with Crippen LogP contribution in [-0.2, 0) is 9.53 Å². The van der Waals surface area contributed by atoms with Gasteiger partial charge >= 0.3 is 11.9 Å². The van der Waals surface area contributed by atoms with Crippen molar-refractivity contribution in [2.75, 3.05) is 13.7 Å². The first kappa shape index (κ1) is 18.7. The van der Waals surface area contributed by atoms with Crippen LogP contribution in [0.15, 0.2) is 62.5 Å². The summed E-state index contributed by atoms with van der Waals surface area (Å²) in [6.07, 6.45) is 1.41. The number of hydrogen-bond acceptors (Lipinski definition) is 6. The van der Waals surface area contributed by atoms with E-state index < -0.39 is 11.9 Å². The van der Waals surface area contributed by atoms with Gasteiger partial charge in [-0.05, 0) is 30.3 Å². The summed E-state index contributed by atoms with van der Waals surface area (Å²) in [5.74, 6) is -0.399. The van der Waals surface area contributed by atoms with Gasteiger partial charge in [-0.2, -0.15) is 5.10 Å². The summed E-state index contributed by atoms with van der Waals surface area (Å²) in [6, 6.07) is 14.1.